The molecule has 0 spiro atoms. The summed E-state index contributed by atoms with van der Waals surface area (Å²) < 4.78 is 0. The van der Waals surface area contributed by atoms with Crippen molar-refractivity contribution in [3.05, 3.63) is 36.0 Å². The third kappa shape index (κ3) is 3.00. The maximum atomic E-state index is 9.86. The minimum Gasteiger partial charge on any atom is -0.391 e. The smallest absolute Gasteiger partial charge is 0.0732 e. The molecule has 94 valence electrons. The normalized spacial score (nSPS) is 14.3. The Hall–Kier alpha value is -1.03. The van der Waals surface area contributed by atoms with Gasteiger partial charge in [0.05, 0.1) is 12.1 Å². The average molecular weight is 255 g/mol. The van der Waals surface area contributed by atoms with E-state index in [4.69, 9.17) is 5.73 Å². The molecule has 4 heteroatoms. The largest absolute Gasteiger partial charge is 0.391 e. The molecule has 4 N–H and O–H groups in total. The predicted octanol–water partition coefficient (Wildman–Crippen LogP) is 2.75. The van der Waals surface area contributed by atoms with Crippen molar-refractivity contribution in [1.29, 1.82) is 0 Å². The van der Waals surface area contributed by atoms with Crippen LogP contribution in [0, 0.1) is 0 Å². The fourth-order valence-corrected chi connectivity index (χ4v) is 1.97. The van der Waals surface area contributed by atoms with Gasteiger partial charge < -0.3 is 15.8 Å². The van der Waals surface area contributed by atoms with Crippen LogP contribution in [0.2, 0.25) is 0 Å². The Morgan fingerprint density at radius 1 is 1.35 bits per heavy atom. The van der Waals surface area contributed by atoms with Crippen molar-refractivity contribution in [3.63, 3.8) is 0 Å². The van der Waals surface area contributed by atoms with E-state index >= 15 is 0 Å². The first kappa shape index (κ1) is 14.0. The van der Waals surface area contributed by atoms with Gasteiger partial charge in [-0.05, 0) is 29.5 Å². The second-order valence-corrected chi connectivity index (χ2v) is 4.21. The number of nitrogens with two attached hydrogens (primary N) is 1. The molecular weight excluding hydrogens is 236 g/mol. The molecule has 0 aliphatic heterocycles. The number of aromatic nitrogens is 1. The number of aromatic amines is 1. The molecule has 0 aliphatic rings. The Morgan fingerprint density at radius 2 is 2.12 bits per heavy atom. The second kappa shape index (κ2) is 6.05. The molecule has 0 fully saturated rings. The van der Waals surface area contributed by atoms with E-state index in [1.165, 1.54) is 5.39 Å². The van der Waals surface area contributed by atoms with Crippen LogP contribution in [0.25, 0.3) is 10.9 Å². The molecule has 0 saturated heterocycles. The molecule has 1 aromatic carbocycles. The van der Waals surface area contributed by atoms with Crippen LogP contribution in [0.4, 0.5) is 0 Å². The SMILES string of the molecule is CCC[C@H](O)[C@H](N)c1ccc2cc[nH]c2c1.Cl. The van der Waals surface area contributed by atoms with E-state index in [2.05, 4.69) is 4.98 Å². The van der Waals surface area contributed by atoms with Gasteiger partial charge in [-0.25, -0.2) is 0 Å². The first-order valence-electron chi connectivity index (χ1n) is 5.73. The van der Waals surface area contributed by atoms with Crippen LogP contribution in [0.1, 0.15) is 31.4 Å². The molecular formula is C13H19ClN2O. The number of halogens is 1. The zero-order valence-corrected chi connectivity index (χ0v) is 10.7. The topological polar surface area (TPSA) is 62.0 Å². The number of benzene rings is 1. The number of H-pyrrole nitrogens is 1. The van der Waals surface area contributed by atoms with E-state index in [0.717, 1.165) is 23.9 Å². The van der Waals surface area contributed by atoms with Crippen molar-refractivity contribution in [2.24, 2.45) is 5.73 Å². The molecule has 0 aliphatic carbocycles. The highest BCUT2D eigenvalue weighted by atomic mass is 35.5. The molecule has 0 unspecified atom stereocenters. The molecule has 0 saturated carbocycles. The lowest BCUT2D eigenvalue weighted by molar-refractivity contribution is 0.134. The molecule has 0 amide bonds. The number of fused-ring (bicyclic) bond motifs is 1. The number of hydrogen-bond donors (Lipinski definition) is 3. The van der Waals surface area contributed by atoms with Crippen LogP contribution in [-0.2, 0) is 0 Å². The maximum Gasteiger partial charge on any atom is 0.0732 e. The highest BCUT2D eigenvalue weighted by molar-refractivity contribution is 5.85. The molecule has 2 rings (SSSR count). The fourth-order valence-electron chi connectivity index (χ4n) is 1.97. The minimum atomic E-state index is -0.461. The lowest BCUT2D eigenvalue weighted by Crippen LogP contribution is -2.25. The third-order valence-electron chi connectivity index (χ3n) is 2.96. The Balaban J connectivity index is 0.00000144. The molecule has 1 heterocycles. The third-order valence-corrected chi connectivity index (χ3v) is 2.96. The van der Waals surface area contributed by atoms with Crippen molar-refractivity contribution in [2.75, 3.05) is 0 Å². The lowest BCUT2D eigenvalue weighted by atomic mass is 9.98. The lowest BCUT2D eigenvalue weighted by Gasteiger charge is -2.18. The zero-order valence-electron chi connectivity index (χ0n) is 9.89. The quantitative estimate of drug-likeness (QED) is 0.786. The summed E-state index contributed by atoms with van der Waals surface area (Å²) in [6, 6.07) is 7.75. The van der Waals surface area contributed by atoms with Crippen LogP contribution in [0.3, 0.4) is 0 Å². The van der Waals surface area contributed by atoms with Gasteiger partial charge in [-0.3, -0.25) is 0 Å². The van der Waals surface area contributed by atoms with Gasteiger partial charge >= 0.3 is 0 Å². The summed E-state index contributed by atoms with van der Waals surface area (Å²) in [5.41, 5.74) is 8.07. The van der Waals surface area contributed by atoms with Crippen molar-refractivity contribution in [2.45, 2.75) is 31.9 Å². The van der Waals surface area contributed by atoms with E-state index in [9.17, 15) is 5.11 Å². The molecule has 0 radical (unpaired) electrons. The summed E-state index contributed by atoms with van der Waals surface area (Å²) in [6.45, 7) is 2.05. The average Bonchev–Trinajstić information content (AvgIpc) is 2.75. The second-order valence-electron chi connectivity index (χ2n) is 4.21. The summed E-state index contributed by atoms with van der Waals surface area (Å²) in [4.78, 5) is 3.15. The van der Waals surface area contributed by atoms with Gasteiger partial charge in [0.25, 0.3) is 0 Å². The summed E-state index contributed by atoms with van der Waals surface area (Å²) in [5, 5.41) is 11.0. The van der Waals surface area contributed by atoms with E-state index in [-0.39, 0.29) is 18.4 Å². The highest BCUT2D eigenvalue weighted by Gasteiger charge is 2.16. The van der Waals surface area contributed by atoms with Crippen LogP contribution in [0.15, 0.2) is 30.5 Å². The van der Waals surface area contributed by atoms with Crippen molar-refractivity contribution in [1.82, 2.24) is 4.98 Å². The Kier molecular flexibility index (Phi) is 5.00. The Bertz CT molecular complexity index is 469. The molecule has 3 nitrogen and oxygen atoms in total. The Morgan fingerprint density at radius 3 is 2.82 bits per heavy atom. The van der Waals surface area contributed by atoms with E-state index < -0.39 is 6.10 Å². The van der Waals surface area contributed by atoms with Crippen molar-refractivity contribution >= 4 is 23.3 Å². The first-order chi connectivity index (χ1) is 7.72. The number of hydrogen-bond acceptors (Lipinski definition) is 2. The zero-order chi connectivity index (χ0) is 11.5. The summed E-state index contributed by atoms with van der Waals surface area (Å²) in [6.07, 6.45) is 3.13. The number of nitrogens with one attached hydrogen (secondary N) is 1. The van der Waals surface area contributed by atoms with Crippen molar-refractivity contribution < 1.29 is 5.11 Å². The summed E-state index contributed by atoms with van der Waals surface area (Å²) >= 11 is 0. The van der Waals surface area contributed by atoms with Gasteiger partial charge in [-0.2, -0.15) is 0 Å². The van der Waals surface area contributed by atoms with Crippen LogP contribution in [0.5, 0.6) is 0 Å². The van der Waals surface area contributed by atoms with E-state index in [1.807, 2.05) is 37.4 Å². The van der Waals surface area contributed by atoms with Gasteiger partial charge in [0, 0.05) is 11.7 Å². The standard InChI is InChI=1S/C13H18N2O.ClH/c1-2-3-12(16)13(14)10-5-4-9-6-7-15-11(9)8-10;/h4-8,12-13,15-16H,2-3,14H2,1H3;1H/t12-,13+;/m0./s1. The molecule has 2 atom stereocenters. The van der Waals surface area contributed by atoms with E-state index in [1.54, 1.807) is 0 Å². The number of aliphatic hydroxyl groups excluding tert-OH is 1. The summed E-state index contributed by atoms with van der Waals surface area (Å²) in [5.74, 6) is 0. The number of rotatable bonds is 4. The van der Waals surface area contributed by atoms with Crippen LogP contribution >= 0.6 is 12.4 Å². The Labute approximate surface area is 107 Å². The summed E-state index contributed by atoms with van der Waals surface area (Å²) in [7, 11) is 0. The molecule has 2 aromatic rings. The van der Waals surface area contributed by atoms with Gasteiger partial charge in [0.15, 0.2) is 0 Å². The maximum absolute atomic E-state index is 9.86. The van der Waals surface area contributed by atoms with Gasteiger partial charge in [0.1, 0.15) is 0 Å². The predicted molar refractivity (Wildman–Crippen MR) is 73.4 cm³/mol. The van der Waals surface area contributed by atoms with Gasteiger partial charge in [-0.1, -0.05) is 25.5 Å². The molecule has 0 bridgehead atoms. The number of aliphatic hydroxyl groups is 1. The van der Waals surface area contributed by atoms with Gasteiger partial charge in [0.2, 0.25) is 0 Å². The minimum absolute atomic E-state index is 0. The van der Waals surface area contributed by atoms with Gasteiger partial charge in [-0.15, -0.1) is 12.4 Å². The monoisotopic (exact) mass is 254 g/mol. The van der Waals surface area contributed by atoms with Crippen LogP contribution < -0.4 is 5.73 Å². The van der Waals surface area contributed by atoms with E-state index in [0.29, 0.717) is 0 Å². The van der Waals surface area contributed by atoms with Crippen molar-refractivity contribution in [3.8, 4) is 0 Å². The van der Waals surface area contributed by atoms with Crippen LogP contribution in [-0.4, -0.2) is 16.2 Å². The fraction of sp³-hybridized carbons (Fsp3) is 0.385. The molecule has 1 aromatic heterocycles. The molecule has 17 heavy (non-hydrogen) atoms. The highest BCUT2D eigenvalue weighted by Crippen LogP contribution is 2.21. The first-order valence-corrected chi connectivity index (χ1v) is 5.73.